The third-order valence-corrected chi connectivity index (χ3v) is 6.97. The summed E-state index contributed by atoms with van der Waals surface area (Å²) in [5.41, 5.74) is 2.09. The molecule has 0 spiro atoms. The topological polar surface area (TPSA) is 105 Å². The number of amides is 2. The molecule has 1 atom stereocenters. The van der Waals surface area contributed by atoms with Crippen molar-refractivity contribution in [2.24, 2.45) is 5.41 Å². The number of rotatable bonds is 8. The Bertz CT molecular complexity index is 1140. The Morgan fingerprint density at radius 2 is 1.54 bits per heavy atom. The maximum Gasteiger partial charge on any atom is 0.407 e. The van der Waals surface area contributed by atoms with Crippen LogP contribution in [0.15, 0.2) is 48.5 Å². The van der Waals surface area contributed by atoms with E-state index in [0.29, 0.717) is 0 Å². The maximum atomic E-state index is 13.0. The molecule has 0 heterocycles. The van der Waals surface area contributed by atoms with Crippen LogP contribution in [-0.2, 0) is 14.3 Å². The number of fused-ring (bicyclic) bond motifs is 3. The van der Waals surface area contributed by atoms with Crippen molar-refractivity contribution in [1.82, 2.24) is 10.6 Å². The van der Waals surface area contributed by atoms with Crippen LogP contribution < -0.4 is 10.6 Å². The van der Waals surface area contributed by atoms with Gasteiger partial charge < -0.3 is 20.5 Å². The van der Waals surface area contributed by atoms with Crippen molar-refractivity contribution in [2.45, 2.75) is 58.5 Å². The Balaban J connectivity index is 1.70. The van der Waals surface area contributed by atoms with E-state index in [0.717, 1.165) is 22.3 Å². The average molecular weight is 477 g/mol. The highest BCUT2D eigenvalue weighted by Crippen LogP contribution is 2.44. The summed E-state index contributed by atoms with van der Waals surface area (Å²) >= 11 is 0. The Morgan fingerprint density at radius 3 is 2.06 bits per heavy atom. The second-order valence-corrected chi connectivity index (χ2v) is 9.70. The molecule has 7 nitrogen and oxygen atoms in total. The number of aliphatic carboxylic acids is 1. The molecule has 2 aromatic carbocycles. The summed E-state index contributed by atoms with van der Waals surface area (Å²) in [6.07, 6.45) is -0.670. The summed E-state index contributed by atoms with van der Waals surface area (Å²) in [6.45, 7) is 8.10. The number of benzene rings is 2. The fourth-order valence-electron chi connectivity index (χ4n) is 4.01. The lowest BCUT2D eigenvalue weighted by molar-refractivity contribution is -0.152. The molecule has 184 valence electrons. The number of carbonyl (C=O) groups is 3. The van der Waals surface area contributed by atoms with Crippen molar-refractivity contribution in [3.8, 4) is 23.0 Å². The number of hydrogen-bond donors (Lipinski definition) is 3. The molecule has 2 aromatic rings. The van der Waals surface area contributed by atoms with Crippen molar-refractivity contribution < 1.29 is 24.2 Å². The first-order valence-electron chi connectivity index (χ1n) is 11.6. The Morgan fingerprint density at radius 1 is 1.00 bits per heavy atom. The molecule has 3 N–H and O–H groups in total. The fourth-order valence-corrected chi connectivity index (χ4v) is 4.01. The van der Waals surface area contributed by atoms with Crippen molar-refractivity contribution in [2.75, 3.05) is 6.61 Å². The standard InChI is InChI=1S/C28H32N2O5/c1-6-7-16-23(24(31)30-28(4,5)27(2,3)25(32)33)29-26(34)35-17-22-20-14-10-8-12-18(20)19-13-9-11-15-21(19)22/h8-15,22-23H,16-17H2,1-5H3,(H,29,34)(H,30,31)(H,32,33). The minimum Gasteiger partial charge on any atom is -0.481 e. The van der Waals surface area contributed by atoms with Crippen LogP contribution in [0, 0.1) is 17.3 Å². The van der Waals surface area contributed by atoms with Gasteiger partial charge >= 0.3 is 12.1 Å². The van der Waals surface area contributed by atoms with Gasteiger partial charge in [0.1, 0.15) is 12.6 Å². The highest BCUT2D eigenvalue weighted by molar-refractivity contribution is 5.87. The van der Waals surface area contributed by atoms with Gasteiger partial charge in [-0.3, -0.25) is 9.59 Å². The summed E-state index contributed by atoms with van der Waals surface area (Å²) in [5, 5.41) is 14.9. The second-order valence-electron chi connectivity index (χ2n) is 9.70. The lowest BCUT2D eigenvalue weighted by Crippen LogP contribution is -2.60. The summed E-state index contributed by atoms with van der Waals surface area (Å²) in [4.78, 5) is 37.4. The molecule has 1 aliphatic carbocycles. The third-order valence-electron chi connectivity index (χ3n) is 6.97. The van der Waals surface area contributed by atoms with Gasteiger partial charge in [-0.15, -0.1) is 11.8 Å². The van der Waals surface area contributed by atoms with E-state index >= 15 is 0 Å². The number of alkyl carbamates (subject to hydrolysis) is 1. The summed E-state index contributed by atoms with van der Waals surface area (Å²) < 4.78 is 5.56. The maximum absolute atomic E-state index is 13.0. The molecule has 0 saturated heterocycles. The van der Waals surface area contributed by atoms with E-state index in [-0.39, 0.29) is 18.9 Å². The van der Waals surface area contributed by atoms with E-state index in [2.05, 4.69) is 34.6 Å². The number of carbonyl (C=O) groups excluding carboxylic acids is 2. The van der Waals surface area contributed by atoms with Crippen LogP contribution in [0.25, 0.3) is 11.1 Å². The molecule has 3 rings (SSSR count). The lowest BCUT2D eigenvalue weighted by Gasteiger charge is -2.39. The van der Waals surface area contributed by atoms with Crippen molar-refractivity contribution in [1.29, 1.82) is 0 Å². The highest BCUT2D eigenvalue weighted by Gasteiger charge is 2.45. The van der Waals surface area contributed by atoms with Gasteiger partial charge in [0.15, 0.2) is 0 Å². The molecule has 2 amide bonds. The molecule has 0 fully saturated rings. The highest BCUT2D eigenvalue weighted by atomic mass is 16.5. The van der Waals surface area contributed by atoms with Crippen LogP contribution in [-0.4, -0.2) is 41.3 Å². The van der Waals surface area contributed by atoms with Gasteiger partial charge in [0, 0.05) is 12.3 Å². The van der Waals surface area contributed by atoms with Crippen LogP contribution in [0.5, 0.6) is 0 Å². The summed E-state index contributed by atoms with van der Waals surface area (Å²) in [7, 11) is 0. The van der Waals surface area contributed by atoms with Gasteiger partial charge in [-0.2, -0.15) is 0 Å². The van der Waals surface area contributed by atoms with Crippen LogP contribution >= 0.6 is 0 Å². The van der Waals surface area contributed by atoms with Crippen molar-refractivity contribution in [3.05, 3.63) is 59.7 Å². The number of ether oxygens (including phenoxy) is 1. The number of carboxylic acid groups (broad SMARTS) is 1. The zero-order valence-corrected chi connectivity index (χ0v) is 20.8. The Kier molecular flexibility index (Phi) is 7.54. The number of carboxylic acids is 1. The molecule has 0 aliphatic heterocycles. The average Bonchev–Trinajstić information content (AvgIpc) is 3.13. The minimum absolute atomic E-state index is 0.0656. The zero-order valence-electron chi connectivity index (χ0n) is 20.8. The van der Waals surface area contributed by atoms with Gasteiger partial charge in [-0.25, -0.2) is 4.79 Å². The van der Waals surface area contributed by atoms with E-state index < -0.39 is 35.0 Å². The van der Waals surface area contributed by atoms with E-state index in [9.17, 15) is 19.5 Å². The first kappa shape index (κ1) is 25.8. The molecule has 0 radical (unpaired) electrons. The van der Waals surface area contributed by atoms with Crippen LogP contribution in [0.2, 0.25) is 0 Å². The normalized spacial score (nSPS) is 13.5. The molecule has 0 aromatic heterocycles. The van der Waals surface area contributed by atoms with Crippen LogP contribution in [0.1, 0.15) is 58.1 Å². The van der Waals surface area contributed by atoms with Gasteiger partial charge in [-0.1, -0.05) is 48.5 Å². The summed E-state index contributed by atoms with van der Waals surface area (Å²) in [6, 6.07) is 15.1. The second kappa shape index (κ2) is 10.2. The monoisotopic (exact) mass is 476 g/mol. The van der Waals surface area contributed by atoms with E-state index in [1.54, 1.807) is 20.8 Å². The predicted octanol–water partition coefficient (Wildman–Crippen LogP) is 4.31. The molecule has 0 bridgehead atoms. The van der Waals surface area contributed by atoms with Crippen molar-refractivity contribution >= 4 is 18.0 Å². The summed E-state index contributed by atoms with van der Waals surface area (Å²) in [5.74, 6) is 3.85. The Labute approximate surface area is 206 Å². The molecule has 0 saturated carbocycles. The van der Waals surface area contributed by atoms with E-state index in [4.69, 9.17) is 4.74 Å². The van der Waals surface area contributed by atoms with Gasteiger partial charge in [0.25, 0.3) is 0 Å². The van der Waals surface area contributed by atoms with E-state index in [1.807, 2.05) is 36.4 Å². The quantitative estimate of drug-likeness (QED) is 0.493. The zero-order chi connectivity index (χ0) is 25.8. The van der Waals surface area contributed by atoms with Gasteiger partial charge in [0.2, 0.25) is 5.91 Å². The lowest BCUT2D eigenvalue weighted by atomic mass is 9.74. The van der Waals surface area contributed by atoms with Crippen molar-refractivity contribution in [3.63, 3.8) is 0 Å². The molecule has 35 heavy (non-hydrogen) atoms. The predicted molar refractivity (Wildman–Crippen MR) is 134 cm³/mol. The molecule has 1 aliphatic rings. The number of nitrogens with one attached hydrogen (secondary N) is 2. The molecule has 1 unspecified atom stereocenters. The first-order valence-corrected chi connectivity index (χ1v) is 11.6. The Hall–Kier alpha value is -3.79. The van der Waals surface area contributed by atoms with Gasteiger partial charge in [-0.05, 0) is 56.9 Å². The smallest absolute Gasteiger partial charge is 0.407 e. The van der Waals surface area contributed by atoms with E-state index in [1.165, 1.54) is 13.8 Å². The minimum atomic E-state index is -1.24. The third kappa shape index (κ3) is 5.32. The van der Waals surface area contributed by atoms with Gasteiger partial charge in [0.05, 0.1) is 11.0 Å². The molecular weight excluding hydrogens is 444 g/mol. The first-order chi connectivity index (χ1) is 16.5. The molecule has 7 heteroatoms. The number of hydrogen-bond acceptors (Lipinski definition) is 4. The molecular formula is C28H32N2O5. The largest absolute Gasteiger partial charge is 0.481 e. The van der Waals surface area contributed by atoms with Crippen LogP contribution in [0.4, 0.5) is 4.79 Å². The SMILES string of the molecule is CC#CCC(NC(=O)OCC1c2ccccc2-c2ccccc21)C(=O)NC(C)(C)C(C)(C)C(=O)O. The fraction of sp³-hybridized carbons (Fsp3) is 0.393. The van der Waals surface area contributed by atoms with Crippen LogP contribution in [0.3, 0.4) is 0 Å².